The lowest BCUT2D eigenvalue weighted by atomic mass is 9.95. The standard InChI is InChI=1S/C14H18FNO2/c1-9(2)11-5-6-16(8-11)13-4-3-10(14(17)18)7-12(13)15/h3-4,7,9,11H,5-6,8H2,1-2H3,(H,17,18). The summed E-state index contributed by atoms with van der Waals surface area (Å²) in [4.78, 5) is 12.8. The number of carboxylic acid groups (broad SMARTS) is 1. The average molecular weight is 251 g/mol. The van der Waals surface area contributed by atoms with Gasteiger partial charge < -0.3 is 10.0 Å². The quantitative estimate of drug-likeness (QED) is 0.897. The minimum Gasteiger partial charge on any atom is -0.478 e. The Morgan fingerprint density at radius 2 is 2.22 bits per heavy atom. The lowest BCUT2D eigenvalue weighted by molar-refractivity contribution is 0.0696. The van der Waals surface area contributed by atoms with Crippen molar-refractivity contribution >= 4 is 11.7 Å². The van der Waals surface area contributed by atoms with E-state index in [1.54, 1.807) is 6.07 Å². The van der Waals surface area contributed by atoms with Gasteiger partial charge in [-0.15, -0.1) is 0 Å². The molecule has 1 atom stereocenters. The maximum atomic E-state index is 13.9. The van der Waals surface area contributed by atoms with Crippen molar-refractivity contribution in [1.29, 1.82) is 0 Å². The zero-order valence-electron chi connectivity index (χ0n) is 10.7. The van der Waals surface area contributed by atoms with Gasteiger partial charge in [0, 0.05) is 13.1 Å². The Morgan fingerprint density at radius 3 is 2.72 bits per heavy atom. The van der Waals surface area contributed by atoms with E-state index in [2.05, 4.69) is 13.8 Å². The predicted octanol–water partition coefficient (Wildman–Crippen LogP) is 3.01. The smallest absolute Gasteiger partial charge is 0.335 e. The molecule has 1 aliphatic rings. The molecule has 0 amide bonds. The number of nitrogens with zero attached hydrogens (tertiary/aromatic N) is 1. The summed E-state index contributed by atoms with van der Waals surface area (Å²) in [5, 5.41) is 8.80. The molecule has 0 aliphatic carbocycles. The highest BCUT2D eigenvalue weighted by molar-refractivity contribution is 5.88. The Kier molecular flexibility index (Phi) is 3.55. The number of carbonyl (C=O) groups is 1. The van der Waals surface area contributed by atoms with Crippen LogP contribution in [-0.4, -0.2) is 24.2 Å². The fraction of sp³-hybridized carbons (Fsp3) is 0.500. The number of anilines is 1. The molecule has 4 heteroatoms. The first-order valence-corrected chi connectivity index (χ1v) is 6.27. The summed E-state index contributed by atoms with van der Waals surface area (Å²) < 4.78 is 13.9. The zero-order chi connectivity index (χ0) is 13.3. The fourth-order valence-electron chi connectivity index (χ4n) is 2.45. The van der Waals surface area contributed by atoms with E-state index in [4.69, 9.17) is 5.11 Å². The largest absolute Gasteiger partial charge is 0.478 e. The van der Waals surface area contributed by atoms with E-state index in [1.807, 2.05) is 4.90 Å². The van der Waals surface area contributed by atoms with Crippen molar-refractivity contribution < 1.29 is 14.3 Å². The van der Waals surface area contributed by atoms with Gasteiger partial charge >= 0.3 is 5.97 Å². The molecule has 0 aromatic heterocycles. The molecule has 18 heavy (non-hydrogen) atoms. The van der Waals surface area contributed by atoms with Gasteiger partial charge in [0.1, 0.15) is 5.82 Å². The first kappa shape index (κ1) is 12.9. The van der Waals surface area contributed by atoms with Crippen LogP contribution in [0.2, 0.25) is 0 Å². The molecule has 1 N–H and O–H groups in total. The second kappa shape index (κ2) is 4.96. The highest BCUT2D eigenvalue weighted by Crippen LogP contribution is 2.30. The van der Waals surface area contributed by atoms with Crippen LogP contribution in [0.5, 0.6) is 0 Å². The summed E-state index contributed by atoms with van der Waals surface area (Å²) in [6, 6.07) is 4.13. The molecule has 1 heterocycles. The van der Waals surface area contributed by atoms with E-state index in [0.29, 0.717) is 17.5 Å². The van der Waals surface area contributed by atoms with Crippen LogP contribution in [-0.2, 0) is 0 Å². The Bertz CT molecular complexity index is 459. The van der Waals surface area contributed by atoms with Gasteiger partial charge in [-0.2, -0.15) is 0 Å². The number of benzene rings is 1. The van der Waals surface area contributed by atoms with Crippen LogP contribution in [0, 0.1) is 17.7 Å². The van der Waals surface area contributed by atoms with Crippen LogP contribution in [0.3, 0.4) is 0 Å². The Hall–Kier alpha value is -1.58. The van der Waals surface area contributed by atoms with Crippen molar-refractivity contribution in [1.82, 2.24) is 0 Å². The van der Waals surface area contributed by atoms with E-state index in [9.17, 15) is 9.18 Å². The fourth-order valence-corrected chi connectivity index (χ4v) is 2.45. The molecule has 2 rings (SSSR count). The SMILES string of the molecule is CC(C)C1CCN(c2ccc(C(=O)O)cc2F)C1. The van der Waals surface area contributed by atoms with E-state index >= 15 is 0 Å². The van der Waals surface area contributed by atoms with Gasteiger partial charge in [0.2, 0.25) is 0 Å². The minimum atomic E-state index is -1.10. The number of hydrogen-bond donors (Lipinski definition) is 1. The lowest BCUT2D eigenvalue weighted by Gasteiger charge is -2.20. The van der Waals surface area contributed by atoms with Gasteiger partial charge in [0.25, 0.3) is 0 Å². The van der Waals surface area contributed by atoms with Crippen LogP contribution in [0.15, 0.2) is 18.2 Å². The van der Waals surface area contributed by atoms with E-state index in [1.165, 1.54) is 6.07 Å². The second-order valence-corrected chi connectivity index (χ2v) is 5.21. The molecule has 0 saturated carbocycles. The molecule has 1 saturated heterocycles. The van der Waals surface area contributed by atoms with E-state index < -0.39 is 11.8 Å². The second-order valence-electron chi connectivity index (χ2n) is 5.21. The van der Waals surface area contributed by atoms with Crippen molar-refractivity contribution in [2.75, 3.05) is 18.0 Å². The van der Waals surface area contributed by atoms with Crippen molar-refractivity contribution in [3.63, 3.8) is 0 Å². The predicted molar refractivity (Wildman–Crippen MR) is 68.5 cm³/mol. The molecule has 1 aromatic carbocycles. The molecular weight excluding hydrogens is 233 g/mol. The summed E-state index contributed by atoms with van der Waals surface area (Å²) in [5.41, 5.74) is 0.513. The summed E-state index contributed by atoms with van der Waals surface area (Å²) in [6.07, 6.45) is 1.07. The zero-order valence-corrected chi connectivity index (χ0v) is 10.7. The summed E-state index contributed by atoms with van der Waals surface area (Å²) in [7, 11) is 0. The summed E-state index contributed by atoms with van der Waals surface area (Å²) in [5.74, 6) is -0.360. The number of aromatic carboxylic acids is 1. The van der Waals surface area contributed by atoms with Crippen LogP contribution in [0.4, 0.5) is 10.1 Å². The lowest BCUT2D eigenvalue weighted by Crippen LogP contribution is -2.22. The molecule has 1 aromatic rings. The number of rotatable bonds is 3. The van der Waals surface area contributed by atoms with E-state index in [-0.39, 0.29) is 5.56 Å². The molecule has 1 unspecified atom stereocenters. The molecule has 0 radical (unpaired) electrons. The van der Waals surface area contributed by atoms with Crippen LogP contribution in [0.1, 0.15) is 30.6 Å². The normalized spacial score (nSPS) is 19.6. The van der Waals surface area contributed by atoms with Crippen molar-refractivity contribution in [2.45, 2.75) is 20.3 Å². The van der Waals surface area contributed by atoms with Gasteiger partial charge in [-0.3, -0.25) is 0 Å². The van der Waals surface area contributed by atoms with Crippen molar-refractivity contribution in [2.24, 2.45) is 11.8 Å². The number of hydrogen-bond acceptors (Lipinski definition) is 2. The Morgan fingerprint density at radius 1 is 1.50 bits per heavy atom. The van der Waals surface area contributed by atoms with Crippen LogP contribution < -0.4 is 4.90 Å². The molecule has 98 valence electrons. The summed E-state index contributed by atoms with van der Waals surface area (Å²) >= 11 is 0. The van der Waals surface area contributed by atoms with Gasteiger partial charge in [0.15, 0.2) is 0 Å². The number of carboxylic acids is 1. The molecule has 1 aliphatic heterocycles. The summed E-state index contributed by atoms with van der Waals surface area (Å²) in [6.45, 7) is 6.04. The minimum absolute atomic E-state index is 0.00384. The van der Waals surface area contributed by atoms with Crippen molar-refractivity contribution in [3.8, 4) is 0 Å². The third-order valence-electron chi connectivity index (χ3n) is 3.70. The highest BCUT2D eigenvalue weighted by atomic mass is 19.1. The molecule has 0 bridgehead atoms. The van der Waals surface area contributed by atoms with Gasteiger partial charge in [-0.1, -0.05) is 13.8 Å². The topological polar surface area (TPSA) is 40.5 Å². The monoisotopic (exact) mass is 251 g/mol. The third-order valence-corrected chi connectivity index (χ3v) is 3.70. The van der Waals surface area contributed by atoms with E-state index in [0.717, 1.165) is 25.6 Å². The molecule has 3 nitrogen and oxygen atoms in total. The van der Waals surface area contributed by atoms with Gasteiger partial charge in [0.05, 0.1) is 11.3 Å². The Balaban J connectivity index is 2.18. The number of halogens is 1. The first-order chi connectivity index (χ1) is 8.49. The first-order valence-electron chi connectivity index (χ1n) is 6.27. The van der Waals surface area contributed by atoms with Gasteiger partial charge in [-0.05, 0) is 36.5 Å². The Labute approximate surface area is 106 Å². The van der Waals surface area contributed by atoms with Crippen LogP contribution in [0.25, 0.3) is 0 Å². The molecular formula is C14H18FNO2. The van der Waals surface area contributed by atoms with Crippen molar-refractivity contribution in [3.05, 3.63) is 29.6 Å². The molecule has 1 fully saturated rings. The average Bonchev–Trinajstić information content (AvgIpc) is 2.78. The third kappa shape index (κ3) is 2.47. The highest BCUT2D eigenvalue weighted by Gasteiger charge is 2.26. The van der Waals surface area contributed by atoms with Crippen LogP contribution >= 0.6 is 0 Å². The maximum absolute atomic E-state index is 13.9. The van der Waals surface area contributed by atoms with Gasteiger partial charge in [-0.25, -0.2) is 9.18 Å². The maximum Gasteiger partial charge on any atom is 0.335 e. The molecule has 0 spiro atoms.